The Hall–Kier alpha value is -4.29. The van der Waals surface area contributed by atoms with E-state index in [1.165, 1.54) is 30.6 Å². The second-order valence-electron chi connectivity index (χ2n) is 10.2. The number of anilines is 3. The number of benzene rings is 2. The Morgan fingerprint density at radius 3 is 2.61 bits per heavy atom. The van der Waals surface area contributed by atoms with Crippen molar-refractivity contribution in [1.82, 2.24) is 14.9 Å². The summed E-state index contributed by atoms with van der Waals surface area (Å²) in [5.41, 5.74) is 1.48. The van der Waals surface area contributed by atoms with Crippen LogP contribution in [0.3, 0.4) is 0 Å². The van der Waals surface area contributed by atoms with Gasteiger partial charge in [0.2, 0.25) is 5.91 Å². The average molecular weight is 628 g/mol. The van der Waals surface area contributed by atoms with Crippen LogP contribution in [-0.4, -0.2) is 71.7 Å². The van der Waals surface area contributed by atoms with E-state index in [1.54, 1.807) is 43.9 Å². The number of aromatic nitrogens is 2. The van der Waals surface area contributed by atoms with Gasteiger partial charge < -0.3 is 24.8 Å². The van der Waals surface area contributed by atoms with E-state index >= 15 is 0 Å². The van der Waals surface area contributed by atoms with Crippen LogP contribution in [0.1, 0.15) is 33.6 Å². The van der Waals surface area contributed by atoms with E-state index in [4.69, 9.17) is 25.8 Å². The molecule has 1 heterocycles. The first kappa shape index (κ1) is 32.6. The summed E-state index contributed by atoms with van der Waals surface area (Å²) < 4.78 is 29.9. The number of fused-ring (bicyclic) bond motifs is 1. The van der Waals surface area contributed by atoms with Crippen LogP contribution < -0.4 is 15.4 Å². The highest BCUT2D eigenvalue weighted by molar-refractivity contribution is 6.31. The summed E-state index contributed by atoms with van der Waals surface area (Å²) in [6.07, 6.45) is 6.42. The van der Waals surface area contributed by atoms with E-state index in [1.807, 2.05) is 0 Å². The summed E-state index contributed by atoms with van der Waals surface area (Å²) in [5, 5.41) is 6.52. The van der Waals surface area contributed by atoms with Gasteiger partial charge in [0.15, 0.2) is 0 Å². The molecule has 234 valence electrons. The number of amides is 1. The lowest BCUT2D eigenvalue weighted by Crippen LogP contribution is -2.43. The molecule has 4 rings (SSSR count). The van der Waals surface area contributed by atoms with Gasteiger partial charge >= 0.3 is 11.9 Å². The van der Waals surface area contributed by atoms with E-state index in [0.717, 1.165) is 12.8 Å². The average Bonchev–Trinajstić information content (AvgIpc) is 3.82. The van der Waals surface area contributed by atoms with Crippen molar-refractivity contribution in [2.45, 2.75) is 39.7 Å². The maximum Gasteiger partial charge on any atom is 0.323 e. The minimum atomic E-state index is -0.739. The molecule has 13 heteroatoms. The van der Waals surface area contributed by atoms with Crippen molar-refractivity contribution in [3.8, 4) is 5.75 Å². The van der Waals surface area contributed by atoms with E-state index in [2.05, 4.69) is 20.6 Å². The van der Waals surface area contributed by atoms with Gasteiger partial charge in [0.25, 0.3) is 0 Å². The number of hydrogen-bond donors (Lipinski definition) is 2. The fourth-order valence-corrected chi connectivity index (χ4v) is 4.40. The normalized spacial score (nSPS) is 13.6. The van der Waals surface area contributed by atoms with Crippen molar-refractivity contribution in [3.05, 3.63) is 59.7 Å². The van der Waals surface area contributed by atoms with Gasteiger partial charge in [-0.2, -0.15) is 0 Å². The SMILES string of the molecule is CCOC(=O)CN(C/C=C/C(=O)Nc1cc2c(Nc3ccc(F)c(Cl)c3)ncnc2cc1OCC1CC1)C(C)C(=O)OCC. The highest BCUT2D eigenvalue weighted by Crippen LogP contribution is 2.36. The molecule has 2 N–H and O–H groups in total. The lowest BCUT2D eigenvalue weighted by atomic mass is 10.1. The van der Waals surface area contributed by atoms with Gasteiger partial charge in [-0.3, -0.25) is 19.3 Å². The lowest BCUT2D eigenvalue weighted by Gasteiger charge is -2.25. The van der Waals surface area contributed by atoms with Crippen LogP contribution in [-0.2, 0) is 23.9 Å². The van der Waals surface area contributed by atoms with Gasteiger partial charge in [0.05, 0.1) is 42.6 Å². The molecule has 1 unspecified atom stereocenters. The van der Waals surface area contributed by atoms with Crippen molar-refractivity contribution < 1.29 is 33.0 Å². The zero-order valence-electron chi connectivity index (χ0n) is 24.8. The number of hydrogen-bond acceptors (Lipinski definition) is 10. The van der Waals surface area contributed by atoms with Crippen molar-refractivity contribution in [2.24, 2.45) is 5.92 Å². The minimum Gasteiger partial charge on any atom is -0.491 e. The highest BCUT2D eigenvalue weighted by atomic mass is 35.5. The summed E-state index contributed by atoms with van der Waals surface area (Å²) in [5.74, 6) is -0.661. The third-order valence-corrected chi connectivity index (χ3v) is 7.06. The second-order valence-corrected chi connectivity index (χ2v) is 10.6. The fourth-order valence-electron chi connectivity index (χ4n) is 4.22. The van der Waals surface area contributed by atoms with E-state index < -0.39 is 29.7 Å². The number of carbonyl (C=O) groups is 3. The number of carbonyl (C=O) groups excluding carboxylic acids is 3. The molecule has 1 aliphatic rings. The van der Waals surface area contributed by atoms with Gasteiger partial charge in [-0.15, -0.1) is 0 Å². The maximum atomic E-state index is 13.7. The van der Waals surface area contributed by atoms with Crippen molar-refractivity contribution >= 4 is 57.5 Å². The van der Waals surface area contributed by atoms with Gasteiger partial charge in [-0.05, 0) is 63.8 Å². The molecule has 0 bridgehead atoms. The van der Waals surface area contributed by atoms with Crippen LogP contribution in [0.25, 0.3) is 10.9 Å². The molecule has 1 fully saturated rings. The van der Waals surface area contributed by atoms with Crippen LogP contribution in [0.15, 0.2) is 48.8 Å². The predicted octanol–water partition coefficient (Wildman–Crippen LogP) is 5.27. The Morgan fingerprint density at radius 2 is 1.91 bits per heavy atom. The zero-order chi connectivity index (χ0) is 31.6. The van der Waals surface area contributed by atoms with Crippen molar-refractivity contribution in [2.75, 3.05) is 43.5 Å². The molecule has 3 aromatic rings. The Morgan fingerprint density at radius 1 is 1.14 bits per heavy atom. The third-order valence-electron chi connectivity index (χ3n) is 6.77. The molecule has 1 saturated carbocycles. The molecule has 44 heavy (non-hydrogen) atoms. The fraction of sp³-hybridized carbons (Fsp3) is 0.387. The molecule has 0 saturated heterocycles. The molecule has 11 nitrogen and oxygen atoms in total. The van der Waals surface area contributed by atoms with Crippen LogP contribution in [0.4, 0.5) is 21.6 Å². The number of halogens is 2. The molecule has 0 aliphatic heterocycles. The van der Waals surface area contributed by atoms with E-state index in [-0.39, 0.29) is 31.3 Å². The first-order valence-electron chi connectivity index (χ1n) is 14.4. The quantitative estimate of drug-likeness (QED) is 0.170. The Kier molecular flexibility index (Phi) is 11.4. The highest BCUT2D eigenvalue weighted by Gasteiger charge is 2.25. The Labute approximate surface area is 259 Å². The zero-order valence-corrected chi connectivity index (χ0v) is 25.5. The number of ether oxygens (including phenoxy) is 3. The number of nitrogens with zero attached hydrogens (tertiary/aromatic N) is 3. The summed E-state index contributed by atoms with van der Waals surface area (Å²) in [6.45, 7) is 5.88. The molecule has 1 aromatic heterocycles. The van der Waals surface area contributed by atoms with Gasteiger partial charge in [0.1, 0.15) is 29.8 Å². The molecule has 2 aromatic carbocycles. The molecule has 0 radical (unpaired) electrons. The smallest absolute Gasteiger partial charge is 0.323 e. The Bertz CT molecular complexity index is 1530. The standard InChI is InChI=1S/C31H35ClFN5O6/c1-4-42-29(40)16-38(19(3)31(41)43-5-2)12-6-7-28(39)37-26-14-22-25(15-27(26)44-17-20-8-9-20)34-18-35-30(22)36-21-10-11-24(33)23(32)13-21/h6-7,10-11,13-15,18-20H,4-5,8-9,12,16-17H2,1-3H3,(H,37,39)(H,34,35,36)/b7-6+. The van der Waals surface area contributed by atoms with Gasteiger partial charge in [-0.1, -0.05) is 17.7 Å². The van der Waals surface area contributed by atoms with Gasteiger partial charge in [-0.25, -0.2) is 14.4 Å². The summed E-state index contributed by atoms with van der Waals surface area (Å²) in [4.78, 5) is 47.8. The third kappa shape index (κ3) is 9.10. The number of rotatable bonds is 15. The topological polar surface area (TPSA) is 132 Å². The Balaban J connectivity index is 1.55. The monoisotopic (exact) mass is 627 g/mol. The van der Waals surface area contributed by atoms with Crippen LogP contribution in [0.2, 0.25) is 5.02 Å². The summed E-state index contributed by atoms with van der Waals surface area (Å²) >= 11 is 5.95. The molecule has 1 aliphatic carbocycles. The molecular weight excluding hydrogens is 593 g/mol. The number of nitrogens with one attached hydrogen (secondary N) is 2. The second kappa shape index (κ2) is 15.4. The summed E-state index contributed by atoms with van der Waals surface area (Å²) in [6, 6.07) is 6.91. The van der Waals surface area contributed by atoms with E-state index in [0.29, 0.717) is 46.4 Å². The predicted molar refractivity (Wildman–Crippen MR) is 165 cm³/mol. The van der Waals surface area contributed by atoms with Gasteiger partial charge in [0, 0.05) is 29.8 Å². The largest absolute Gasteiger partial charge is 0.491 e. The molecular formula is C31H35ClFN5O6. The first-order valence-corrected chi connectivity index (χ1v) is 14.7. The van der Waals surface area contributed by atoms with Crippen LogP contribution in [0.5, 0.6) is 5.75 Å². The van der Waals surface area contributed by atoms with Crippen LogP contribution in [0, 0.1) is 11.7 Å². The number of esters is 2. The lowest BCUT2D eigenvalue weighted by molar-refractivity contribution is -0.151. The maximum absolute atomic E-state index is 13.7. The van der Waals surface area contributed by atoms with E-state index in [9.17, 15) is 18.8 Å². The minimum absolute atomic E-state index is 0.0404. The van der Waals surface area contributed by atoms with Crippen molar-refractivity contribution in [1.29, 1.82) is 0 Å². The molecule has 0 spiro atoms. The molecule has 1 amide bonds. The first-order chi connectivity index (χ1) is 21.2. The molecule has 1 atom stereocenters. The van der Waals surface area contributed by atoms with Crippen molar-refractivity contribution in [3.63, 3.8) is 0 Å². The van der Waals surface area contributed by atoms with Crippen LogP contribution >= 0.6 is 11.6 Å². The summed E-state index contributed by atoms with van der Waals surface area (Å²) in [7, 11) is 0.